The van der Waals surface area contributed by atoms with E-state index in [2.05, 4.69) is 78.9 Å². The van der Waals surface area contributed by atoms with Crippen molar-refractivity contribution >= 4 is 32.3 Å². The lowest BCUT2D eigenvalue weighted by Crippen LogP contribution is -1.97. The van der Waals surface area contributed by atoms with Gasteiger partial charge in [0.25, 0.3) is 0 Å². The van der Waals surface area contributed by atoms with Gasteiger partial charge in [0.05, 0.1) is 5.48 Å². The Morgan fingerprint density at radius 3 is 1.78 bits per heavy atom. The van der Waals surface area contributed by atoms with Crippen LogP contribution in [0.3, 0.4) is 0 Å². The summed E-state index contributed by atoms with van der Waals surface area (Å²) in [6.45, 7) is 0. The first kappa shape index (κ1) is 23.0. The van der Waals surface area contributed by atoms with Crippen molar-refractivity contribution in [2.24, 2.45) is 0 Å². The van der Waals surface area contributed by atoms with Crippen molar-refractivity contribution in [1.29, 1.82) is 0 Å². The molecule has 0 amide bonds. The summed E-state index contributed by atoms with van der Waals surface area (Å²) in [7, 11) is 0. The molecule has 0 saturated carbocycles. The van der Waals surface area contributed by atoms with Crippen LogP contribution in [0, 0.1) is 0 Å². The second-order valence-electron chi connectivity index (χ2n) is 12.8. The number of para-hydroxylation sites is 1. The Balaban J connectivity index is 1.29. The zero-order valence-corrected chi connectivity index (χ0v) is 26.3. The van der Waals surface area contributed by atoms with Crippen molar-refractivity contribution in [3.05, 3.63) is 170 Å². The fraction of sp³-hybridized carbons (Fsp3) is 0. The Hall–Kier alpha value is -6.44. The second-order valence-corrected chi connectivity index (χ2v) is 12.8. The molecule has 0 aromatic heterocycles. The molecule has 226 valence electrons. The molecule has 0 N–H and O–H groups in total. The molecule has 0 fully saturated rings. The molecule has 1 heterocycles. The summed E-state index contributed by atoms with van der Waals surface area (Å²) >= 11 is 0. The van der Waals surface area contributed by atoms with E-state index in [9.17, 15) is 5.48 Å². The molecule has 9 aromatic carbocycles. The third-order valence-electron chi connectivity index (χ3n) is 10.3. The molecule has 0 saturated heterocycles. The summed E-state index contributed by atoms with van der Waals surface area (Å²) < 4.78 is 44.6. The van der Waals surface area contributed by atoms with Crippen LogP contribution in [0.5, 0.6) is 11.5 Å². The summed E-state index contributed by atoms with van der Waals surface area (Å²) in [4.78, 5) is 0. The van der Waals surface area contributed by atoms with Gasteiger partial charge in [-0.15, -0.1) is 0 Å². The highest BCUT2D eigenvalue weighted by molar-refractivity contribution is 6.27. The van der Waals surface area contributed by atoms with E-state index in [4.69, 9.17) is 4.74 Å². The molecule has 1 heteroatoms. The lowest BCUT2D eigenvalue weighted by atomic mass is 9.82. The van der Waals surface area contributed by atoms with E-state index >= 15 is 0 Å². The van der Waals surface area contributed by atoms with Crippen molar-refractivity contribution in [2.75, 3.05) is 0 Å². The molecule has 0 atom stereocenters. The zero-order valence-electron chi connectivity index (χ0n) is 30.3. The van der Waals surface area contributed by atoms with Gasteiger partial charge in [-0.2, -0.15) is 0 Å². The van der Waals surface area contributed by atoms with Gasteiger partial charge >= 0.3 is 0 Å². The van der Waals surface area contributed by atoms with Gasteiger partial charge in [-0.1, -0.05) is 152 Å². The Morgan fingerprint density at radius 2 is 0.980 bits per heavy atom. The van der Waals surface area contributed by atoms with E-state index in [0.717, 1.165) is 88.1 Å². The number of hydrogen-bond acceptors (Lipinski definition) is 1. The van der Waals surface area contributed by atoms with Gasteiger partial charge in [0.1, 0.15) is 11.5 Å². The minimum absolute atomic E-state index is 0.0665. The molecule has 49 heavy (non-hydrogen) atoms. The smallest absolute Gasteiger partial charge is 0.135 e. The van der Waals surface area contributed by atoms with Crippen LogP contribution in [0.25, 0.3) is 99.1 Å². The molecular formula is C48H28O. The van der Waals surface area contributed by atoms with Crippen molar-refractivity contribution in [2.45, 2.75) is 0 Å². The van der Waals surface area contributed by atoms with Crippen LogP contribution in [0.15, 0.2) is 170 Å². The third-order valence-corrected chi connectivity index (χ3v) is 10.3. The Bertz CT molecular complexity index is 3070. The largest absolute Gasteiger partial charge is 0.456 e. The fourth-order valence-electron chi connectivity index (χ4n) is 8.30. The van der Waals surface area contributed by atoms with Gasteiger partial charge in [0.2, 0.25) is 0 Å². The van der Waals surface area contributed by atoms with Crippen molar-refractivity contribution in [1.82, 2.24) is 0 Å². The molecule has 0 spiro atoms. The number of rotatable bonds is 3. The van der Waals surface area contributed by atoms with Crippen molar-refractivity contribution in [3.63, 3.8) is 0 Å². The second kappa shape index (κ2) is 10.0. The monoisotopic (exact) mass is 624 g/mol. The summed E-state index contributed by atoms with van der Waals surface area (Å²) in [6, 6.07) is 48.9. The number of ether oxygens (including phenoxy) is 1. The normalized spacial score (nSPS) is 13.4. The third kappa shape index (κ3) is 3.70. The molecule has 1 aliphatic carbocycles. The van der Waals surface area contributed by atoms with E-state index in [1.54, 1.807) is 0 Å². The van der Waals surface area contributed by atoms with Gasteiger partial charge in [-0.3, -0.25) is 0 Å². The van der Waals surface area contributed by atoms with Gasteiger partial charge < -0.3 is 4.74 Å². The SMILES string of the molecule is [2H]c1c([2H])c(-c2c3c(c(-c4ccccc4)c4ccccc24)-c2cccc4cccc-3c24)c([2H])c(-c2ccc3c4c(cccc24)-c2ccccc2O3)c1[2H]. The summed E-state index contributed by atoms with van der Waals surface area (Å²) in [6.07, 6.45) is 0. The predicted molar refractivity (Wildman–Crippen MR) is 205 cm³/mol. The quantitative estimate of drug-likeness (QED) is 0.190. The highest BCUT2D eigenvalue weighted by Crippen LogP contribution is 2.58. The maximum Gasteiger partial charge on any atom is 0.135 e. The van der Waals surface area contributed by atoms with E-state index in [1.165, 1.54) is 0 Å². The zero-order chi connectivity index (χ0) is 35.5. The molecule has 2 aliphatic rings. The first-order valence-electron chi connectivity index (χ1n) is 18.6. The van der Waals surface area contributed by atoms with Crippen LogP contribution >= 0.6 is 0 Å². The maximum atomic E-state index is 10.1. The summed E-state index contributed by atoms with van der Waals surface area (Å²) in [5, 5.41) is 5.93. The molecule has 1 aliphatic heterocycles. The highest BCUT2D eigenvalue weighted by Gasteiger charge is 2.30. The van der Waals surface area contributed by atoms with E-state index in [0.29, 0.717) is 22.4 Å². The van der Waals surface area contributed by atoms with E-state index in [1.807, 2.05) is 66.7 Å². The first-order chi connectivity index (χ1) is 26.0. The molecule has 0 radical (unpaired) electrons. The van der Waals surface area contributed by atoms with Crippen LogP contribution in [-0.2, 0) is 0 Å². The molecule has 11 rings (SSSR count). The summed E-state index contributed by atoms with van der Waals surface area (Å²) in [5.41, 5.74) is 10.5. The number of hydrogen-bond donors (Lipinski definition) is 0. The maximum absolute atomic E-state index is 10.1. The molecule has 0 unspecified atom stereocenters. The predicted octanol–water partition coefficient (Wildman–Crippen LogP) is 13.6. The first-order valence-corrected chi connectivity index (χ1v) is 16.6. The number of fused-ring (bicyclic) bond motifs is 6. The van der Waals surface area contributed by atoms with Crippen LogP contribution in [0.2, 0.25) is 0 Å². The van der Waals surface area contributed by atoms with Gasteiger partial charge in [-0.05, 0) is 106 Å². The van der Waals surface area contributed by atoms with Gasteiger partial charge in [0, 0.05) is 10.9 Å². The lowest BCUT2D eigenvalue weighted by Gasteiger charge is -2.23. The number of benzene rings is 9. The van der Waals surface area contributed by atoms with Crippen molar-refractivity contribution in [3.8, 4) is 78.3 Å². The molecule has 0 bridgehead atoms. The Labute approximate surface area is 289 Å². The van der Waals surface area contributed by atoms with E-state index < -0.39 is 0 Å². The Kier molecular flexibility index (Phi) is 4.70. The van der Waals surface area contributed by atoms with Crippen LogP contribution in [0.4, 0.5) is 0 Å². The Morgan fingerprint density at radius 1 is 0.367 bits per heavy atom. The molecule has 9 aromatic rings. The lowest BCUT2D eigenvalue weighted by molar-refractivity contribution is 0.487. The molecule has 1 nitrogen and oxygen atoms in total. The average Bonchev–Trinajstić information content (AvgIpc) is 3.53. The topological polar surface area (TPSA) is 9.23 Å². The van der Waals surface area contributed by atoms with Gasteiger partial charge in [-0.25, -0.2) is 0 Å². The summed E-state index contributed by atoms with van der Waals surface area (Å²) in [5.74, 6) is 1.50. The van der Waals surface area contributed by atoms with Crippen LogP contribution in [-0.4, -0.2) is 0 Å². The van der Waals surface area contributed by atoms with Crippen LogP contribution < -0.4 is 4.74 Å². The van der Waals surface area contributed by atoms with Crippen molar-refractivity contribution < 1.29 is 10.2 Å². The minimum Gasteiger partial charge on any atom is -0.456 e. The van der Waals surface area contributed by atoms with Gasteiger partial charge in [0.15, 0.2) is 0 Å². The van der Waals surface area contributed by atoms with Crippen LogP contribution in [0.1, 0.15) is 5.48 Å². The van der Waals surface area contributed by atoms with E-state index in [-0.39, 0.29) is 24.2 Å². The fourth-order valence-corrected chi connectivity index (χ4v) is 8.30. The highest BCUT2D eigenvalue weighted by atomic mass is 16.5. The molecular weight excluding hydrogens is 593 g/mol. The minimum atomic E-state index is -0.202. The average molecular weight is 625 g/mol. The standard InChI is InChI=1S/C48H28O/c1-2-12-30(13-3-1)44-37-19-4-5-20-38(37)45(48-40-24-10-15-29-14-9-23-39(43(29)40)47(44)48)32-17-8-16-31(28-32)33-26-27-42-46-35(33)21-11-22-36(46)34-18-6-7-25-41(34)49-42/h1-28H/i8D,16D,17D,28D.